The third-order valence-electron chi connectivity index (χ3n) is 3.67. The standard InChI is InChI=1S/C15H27N5/c1-4-8-20-9-6-13(7-10-20)18-14-11-12(3)17-15(19-14)16-5-2/h11,13H,4-10H2,1-3H3,(H2,16,17,18,19). The molecular formula is C15H27N5. The maximum absolute atomic E-state index is 4.53. The van der Waals surface area contributed by atoms with Crippen LogP contribution in [0.3, 0.4) is 0 Å². The molecule has 0 aromatic carbocycles. The smallest absolute Gasteiger partial charge is 0.224 e. The largest absolute Gasteiger partial charge is 0.367 e. The summed E-state index contributed by atoms with van der Waals surface area (Å²) in [5.74, 6) is 1.67. The van der Waals surface area contributed by atoms with Crippen LogP contribution in [0.15, 0.2) is 6.07 Å². The lowest BCUT2D eigenvalue weighted by Crippen LogP contribution is -2.39. The second-order valence-corrected chi connectivity index (χ2v) is 5.51. The van der Waals surface area contributed by atoms with Gasteiger partial charge in [0.15, 0.2) is 0 Å². The number of aryl methyl sites for hydroxylation is 1. The van der Waals surface area contributed by atoms with E-state index in [9.17, 15) is 0 Å². The number of aromatic nitrogens is 2. The summed E-state index contributed by atoms with van der Waals surface area (Å²) >= 11 is 0. The van der Waals surface area contributed by atoms with Gasteiger partial charge in [-0.25, -0.2) is 4.98 Å². The molecule has 1 saturated heterocycles. The van der Waals surface area contributed by atoms with E-state index in [1.54, 1.807) is 0 Å². The van der Waals surface area contributed by atoms with Crippen molar-refractivity contribution in [1.29, 1.82) is 0 Å². The van der Waals surface area contributed by atoms with Gasteiger partial charge in [-0.2, -0.15) is 4.98 Å². The van der Waals surface area contributed by atoms with Gasteiger partial charge in [0, 0.05) is 37.4 Å². The fourth-order valence-electron chi connectivity index (χ4n) is 2.71. The van der Waals surface area contributed by atoms with E-state index in [2.05, 4.69) is 39.3 Å². The number of anilines is 2. The Morgan fingerprint density at radius 3 is 2.65 bits per heavy atom. The summed E-state index contributed by atoms with van der Waals surface area (Å²) in [6, 6.07) is 2.56. The maximum Gasteiger partial charge on any atom is 0.224 e. The number of nitrogens with zero attached hydrogens (tertiary/aromatic N) is 3. The number of hydrogen-bond acceptors (Lipinski definition) is 5. The molecule has 1 aliphatic rings. The Balaban J connectivity index is 1.90. The van der Waals surface area contributed by atoms with Crippen LogP contribution in [-0.4, -0.2) is 47.1 Å². The van der Waals surface area contributed by atoms with E-state index < -0.39 is 0 Å². The van der Waals surface area contributed by atoms with Gasteiger partial charge in [0.1, 0.15) is 5.82 Å². The molecule has 0 aliphatic carbocycles. The van der Waals surface area contributed by atoms with Crippen molar-refractivity contribution in [1.82, 2.24) is 14.9 Å². The Labute approximate surface area is 122 Å². The summed E-state index contributed by atoms with van der Waals surface area (Å²) in [6.45, 7) is 10.8. The van der Waals surface area contributed by atoms with Gasteiger partial charge in [0.25, 0.3) is 0 Å². The van der Waals surface area contributed by atoms with Crippen molar-refractivity contribution in [2.45, 2.75) is 46.1 Å². The predicted molar refractivity (Wildman–Crippen MR) is 84.3 cm³/mol. The van der Waals surface area contributed by atoms with Crippen LogP contribution in [0.1, 0.15) is 38.8 Å². The van der Waals surface area contributed by atoms with E-state index >= 15 is 0 Å². The van der Waals surface area contributed by atoms with Crippen molar-refractivity contribution in [3.63, 3.8) is 0 Å². The molecule has 2 N–H and O–H groups in total. The zero-order valence-electron chi connectivity index (χ0n) is 12.9. The number of rotatable bonds is 6. The van der Waals surface area contributed by atoms with Crippen LogP contribution in [-0.2, 0) is 0 Å². The Morgan fingerprint density at radius 2 is 2.00 bits per heavy atom. The fourth-order valence-corrected chi connectivity index (χ4v) is 2.71. The van der Waals surface area contributed by atoms with Crippen molar-refractivity contribution < 1.29 is 0 Å². The number of hydrogen-bond donors (Lipinski definition) is 2. The maximum atomic E-state index is 4.53. The van der Waals surface area contributed by atoms with Crippen LogP contribution < -0.4 is 10.6 Å². The minimum absolute atomic E-state index is 0.534. The van der Waals surface area contributed by atoms with E-state index in [0.29, 0.717) is 6.04 Å². The van der Waals surface area contributed by atoms with Gasteiger partial charge < -0.3 is 15.5 Å². The second kappa shape index (κ2) is 7.43. The van der Waals surface area contributed by atoms with Gasteiger partial charge in [-0.05, 0) is 39.7 Å². The summed E-state index contributed by atoms with van der Waals surface area (Å²) in [7, 11) is 0. The molecule has 0 spiro atoms. The van der Waals surface area contributed by atoms with Gasteiger partial charge in [0.2, 0.25) is 5.95 Å². The minimum atomic E-state index is 0.534. The van der Waals surface area contributed by atoms with Crippen LogP contribution in [0.25, 0.3) is 0 Å². The topological polar surface area (TPSA) is 53.1 Å². The molecule has 1 fully saturated rings. The van der Waals surface area contributed by atoms with Crippen molar-refractivity contribution in [2.24, 2.45) is 0 Å². The Bertz CT molecular complexity index is 413. The molecule has 2 heterocycles. The highest BCUT2D eigenvalue weighted by Crippen LogP contribution is 2.17. The highest BCUT2D eigenvalue weighted by molar-refractivity contribution is 5.42. The molecule has 1 aromatic heterocycles. The quantitative estimate of drug-likeness (QED) is 0.837. The lowest BCUT2D eigenvalue weighted by atomic mass is 10.0. The van der Waals surface area contributed by atoms with Crippen molar-refractivity contribution in [3.8, 4) is 0 Å². The van der Waals surface area contributed by atoms with E-state index in [0.717, 1.165) is 24.0 Å². The molecule has 0 radical (unpaired) electrons. The molecule has 0 amide bonds. The lowest BCUT2D eigenvalue weighted by molar-refractivity contribution is 0.219. The third kappa shape index (κ3) is 4.34. The van der Waals surface area contributed by atoms with Gasteiger partial charge >= 0.3 is 0 Å². The summed E-state index contributed by atoms with van der Waals surface area (Å²) in [6.07, 6.45) is 3.63. The van der Waals surface area contributed by atoms with Gasteiger partial charge in [-0.1, -0.05) is 6.92 Å². The van der Waals surface area contributed by atoms with Gasteiger partial charge in [-0.15, -0.1) is 0 Å². The Kier molecular flexibility index (Phi) is 5.59. The molecule has 2 rings (SSSR count). The normalized spacial score (nSPS) is 17.1. The van der Waals surface area contributed by atoms with Crippen LogP contribution in [0, 0.1) is 6.92 Å². The van der Waals surface area contributed by atoms with E-state index in [1.807, 2.05) is 13.0 Å². The van der Waals surface area contributed by atoms with Crippen molar-refractivity contribution in [3.05, 3.63) is 11.8 Å². The van der Waals surface area contributed by atoms with Crippen molar-refractivity contribution in [2.75, 3.05) is 36.8 Å². The molecule has 0 atom stereocenters. The first-order valence-electron chi connectivity index (χ1n) is 7.79. The first-order chi connectivity index (χ1) is 9.71. The Morgan fingerprint density at radius 1 is 1.25 bits per heavy atom. The molecule has 1 aromatic rings. The summed E-state index contributed by atoms with van der Waals surface area (Å²) in [5, 5.41) is 6.74. The summed E-state index contributed by atoms with van der Waals surface area (Å²) < 4.78 is 0. The van der Waals surface area contributed by atoms with E-state index in [-0.39, 0.29) is 0 Å². The van der Waals surface area contributed by atoms with E-state index in [1.165, 1.54) is 38.9 Å². The highest BCUT2D eigenvalue weighted by Gasteiger charge is 2.18. The SMILES string of the molecule is CCCN1CCC(Nc2cc(C)nc(NCC)n2)CC1. The molecule has 5 nitrogen and oxygen atoms in total. The summed E-state index contributed by atoms with van der Waals surface area (Å²) in [4.78, 5) is 11.5. The van der Waals surface area contributed by atoms with Gasteiger partial charge in [-0.3, -0.25) is 0 Å². The molecule has 0 saturated carbocycles. The van der Waals surface area contributed by atoms with Crippen LogP contribution in [0.4, 0.5) is 11.8 Å². The Hall–Kier alpha value is -1.36. The molecule has 20 heavy (non-hydrogen) atoms. The van der Waals surface area contributed by atoms with Crippen molar-refractivity contribution >= 4 is 11.8 Å². The zero-order valence-corrected chi connectivity index (χ0v) is 12.9. The molecule has 0 bridgehead atoms. The van der Waals surface area contributed by atoms with Crippen LogP contribution >= 0.6 is 0 Å². The third-order valence-corrected chi connectivity index (χ3v) is 3.67. The fraction of sp³-hybridized carbons (Fsp3) is 0.733. The molecule has 1 aliphatic heterocycles. The van der Waals surface area contributed by atoms with Crippen LogP contribution in [0.2, 0.25) is 0 Å². The minimum Gasteiger partial charge on any atom is -0.367 e. The predicted octanol–water partition coefficient (Wildman–Crippen LogP) is 2.50. The number of piperidine rings is 1. The average Bonchev–Trinajstić information content (AvgIpc) is 2.41. The highest BCUT2D eigenvalue weighted by atomic mass is 15.2. The second-order valence-electron chi connectivity index (χ2n) is 5.51. The van der Waals surface area contributed by atoms with Gasteiger partial charge in [0.05, 0.1) is 0 Å². The molecular weight excluding hydrogens is 250 g/mol. The molecule has 0 unspecified atom stereocenters. The first-order valence-corrected chi connectivity index (χ1v) is 7.79. The number of likely N-dealkylation sites (tertiary alicyclic amines) is 1. The summed E-state index contributed by atoms with van der Waals surface area (Å²) in [5.41, 5.74) is 1.00. The molecule has 112 valence electrons. The zero-order chi connectivity index (χ0) is 14.4. The number of nitrogens with one attached hydrogen (secondary N) is 2. The lowest BCUT2D eigenvalue weighted by Gasteiger charge is -2.32. The van der Waals surface area contributed by atoms with Crippen LogP contribution in [0.5, 0.6) is 0 Å². The average molecular weight is 277 g/mol. The monoisotopic (exact) mass is 277 g/mol. The first kappa shape index (κ1) is 15.0. The molecule has 5 heteroatoms. The van der Waals surface area contributed by atoms with E-state index in [4.69, 9.17) is 0 Å².